The number of hydrogen-bond donors (Lipinski definition) is 1. The standard InChI is InChI=1S/C14H23NO4/c1-14(2)9-15(6-7-19-14)12(16)10-4-3-5-11(8-10)13(17)18/h10-11H,3-9H2,1-2H3,(H,17,18)/t10-,11-/m1/s1. The zero-order valence-electron chi connectivity index (χ0n) is 11.7. The maximum atomic E-state index is 12.5. The van der Waals surface area contributed by atoms with Crippen molar-refractivity contribution in [3.05, 3.63) is 0 Å². The molecule has 1 N–H and O–H groups in total. The Morgan fingerprint density at radius 2 is 1.95 bits per heavy atom. The number of carbonyl (C=O) groups excluding carboxylic acids is 1. The van der Waals surface area contributed by atoms with Crippen LogP contribution >= 0.6 is 0 Å². The second-order valence-corrected chi connectivity index (χ2v) is 6.27. The Bertz CT molecular complexity index is 366. The highest BCUT2D eigenvalue weighted by atomic mass is 16.5. The first-order valence-corrected chi connectivity index (χ1v) is 7.04. The highest BCUT2D eigenvalue weighted by Gasteiger charge is 2.36. The van der Waals surface area contributed by atoms with Crippen LogP contribution in [0.1, 0.15) is 39.5 Å². The molecule has 5 heteroatoms. The van der Waals surface area contributed by atoms with Crippen LogP contribution in [0.3, 0.4) is 0 Å². The Balaban J connectivity index is 1.97. The lowest BCUT2D eigenvalue weighted by atomic mass is 9.80. The molecule has 2 rings (SSSR count). The minimum atomic E-state index is -0.764. The molecule has 0 spiro atoms. The molecule has 19 heavy (non-hydrogen) atoms. The van der Waals surface area contributed by atoms with Crippen LogP contribution in [0, 0.1) is 11.8 Å². The van der Waals surface area contributed by atoms with Gasteiger partial charge in [0, 0.05) is 19.0 Å². The second-order valence-electron chi connectivity index (χ2n) is 6.27. The van der Waals surface area contributed by atoms with Crippen molar-refractivity contribution in [3.8, 4) is 0 Å². The molecule has 1 aliphatic carbocycles. The molecule has 1 amide bonds. The third kappa shape index (κ3) is 3.47. The van der Waals surface area contributed by atoms with E-state index >= 15 is 0 Å². The number of carbonyl (C=O) groups is 2. The molecule has 1 saturated carbocycles. The first kappa shape index (κ1) is 14.3. The van der Waals surface area contributed by atoms with E-state index in [4.69, 9.17) is 9.84 Å². The summed E-state index contributed by atoms with van der Waals surface area (Å²) in [5, 5.41) is 9.09. The van der Waals surface area contributed by atoms with Crippen molar-refractivity contribution in [2.75, 3.05) is 19.7 Å². The summed E-state index contributed by atoms with van der Waals surface area (Å²) in [6.45, 7) is 5.74. The van der Waals surface area contributed by atoms with Gasteiger partial charge in [-0.15, -0.1) is 0 Å². The molecule has 0 aromatic heterocycles. The molecule has 0 bridgehead atoms. The van der Waals surface area contributed by atoms with Gasteiger partial charge in [-0.1, -0.05) is 6.42 Å². The molecule has 0 aromatic rings. The Morgan fingerprint density at radius 3 is 2.58 bits per heavy atom. The molecule has 0 unspecified atom stereocenters. The number of carboxylic acids is 1. The molecule has 0 radical (unpaired) electrons. The Morgan fingerprint density at radius 1 is 1.26 bits per heavy atom. The lowest BCUT2D eigenvalue weighted by Gasteiger charge is -2.40. The quantitative estimate of drug-likeness (QED) is 0.825. The zero-order chi connectivity index (χ0) is 14.0. The maximum absolute atomic E-state index is 12.5. The van der Waals surface area contributed by atoms with E-state index in [2.05, 4.69) is 0 Å². The number of amides is 1. The summed E-state index contributed by atoms with van der Waals surface area (Å²) in [4.78, 5) is 25.4. The molecule has 1 aliphatic heterocycles. The van der Waals surface area contributed by atoms with Gasteiger partial charge in [0.05, 0.1) is 18.1 Å². The number of aliphatic carboxylic acids is 1. The van der Waals surface area contributed by atoms with E-state index in [9.17, 15) is 9.59 Å². The first-order valence-electron chi connectivity index (χ1n) is 7.04. The summed E-state index contributed by atoms with van der Waals surface area (Å²) in [5.74, 6) is -1.12. The van der Waals surface area contributed by atoms with Gasteiger partial charge in [0.1, 0.15) is 0 Å². The minimum absolute atomic E-state index is 0.113. The Labute approximate surface area is 113 Å². The van der Waals surface area contributed by atoms with Crippen LogP contribution < -0.4 is 0 Å². The molecule has 5 nitrogen and oxygen atoms in total. The summed E-state index contributed by atoms with van der Waals surface area (Å²) < 4.78 is 5.60. The summed E-state index contributed by atoms with van der Waals surface area (Å²) in [7, 11) is 0. The monoisotopic (exact) mass is 269 g/mol. The van der Waals surface area contributed by atoms with Crippen molar-refractivity contribution in [2.45, 2.75) is 45.1 Å². The van der Waals surface area contributed by atoms with E-state index in [1.54, 1.807) is 0 Å². The van der Waals surface area contributed by atoms with Crippen molar-refractivity contribution in [2.24, 2.45) is 11.8 Å². The number of morpholine rings is 1. The SMILES string of the molecule is CC1(C)CN(C(=O)[C@@H]2CCC[C@@H](C(=O)O)C2)CCO1. The van der Waals surface area contributed by atoms with E-state index in [0.717, 1.165) is 12.8 Å². The van der Waals surface area contributed by atoms with E-state index < -0.39 is 5.97 Å². The predicted octanol–water partition coefficient (Wildman–Crippen LogP) is 1.51. The average molecular weight is 269 g/mol. The van der Waals surface area contributed by atoms with Gasteiger partial charge < -0.3 is 14.7 Å². The van der Waals surface area contributed by atoms with Gasteiger partial charge in [-0.2, -0.15) is 0 Å². The summed E-state index contributed by atoms with van der Waals surface area (Å²) >= 11 is 0. The number of hydrogen-bond acceptors (Lipinski definition) is 3. The van der Waals surface area contributed by atoms with E-state index in [1.165, 1.54) is 0 Å². The van der Waals surface area contributed by atoms with Gasteiger partial charge in [0.25, 0.3) is 0 Å². The van der Waals surface area contributed by atoms with Crippen molar-refractivity contribution < 1.29 is 19.4 Å². The first-order chi connectivity index (χ1) is 8.89. The van der Waals surface area contributed by atoms with Crippen molar-refractivity contribution in [1.82, 2.24) is 4.90 Å². The summed E-state index contributed by atoms with van der Waals surface area (Å²) in [6.07, 6.45) is 2.85. The van der Waals surface area contributed by atoms with Crippen molar-refractivity contribution in [1.29, 1.82) is 0 Å². The molecule has 1 saturated heterocycles. The van der Waals surface area contributed by atoms with Crippen LogP contribution in [0.4, 0.5) is 0 Å². The molecular weight excluding hydrogens is 246 g/mol. The van der Waals surface area contributed by atoms with Gasteiger partial charge >= 0.3 is 5.97 Å². The van der Waals surface area contributed by atoms with Crippen molar-refractivity contribution in [3.63, 3.8) is 0 Å². The molecule has 2 aliphatic rings. The Hall–Kier alpha value is -1.10. The number of carboxylic acid groups (broad SMARTS) is 1. The van der Waals surface area contributed by atoms with Crippen LogP contribution in [0.15, 0.2) is 0 Å². The van der Waals surface area contributed by atoms with E-state index in [1.807, 2.05) is 18.7 Å². The van der Waals surface area contributed by atoms with E-state index in [0.29, 0.717) is 32.5 Å². The maximum Gasteiger partial charge on any atom is 0.306 e. The second kappa shape index (κ2) is 5.49. The highest BCUT2D eigenvalue weighted by Crippen LogP contribution is 2.31. The average Bonchev–Trinajstić information content (AvgIpc) is 2.37. The smallest absolute Gasteiger partial charge is 0.306 e. The molecule has 108 valence electrons. The van der Waals surface area contributed by atoms with Crippen molar-refractivity contribution >= 4 is 11.9 Å². The van der Waals surface area contributed by atoms with Crippen LogP contribution in [-0.4, -0.2) is 47.2 Å². The lowest BCUT2D eigenvalue weighted by molar-refractivity contribution is -0.153. The fourth-order valence-corrected chi connectivity index (χ4v) is 3.10. The summed E-state index contributed by atoms with van der Waals surface area (Å²) in [6, 6.07) is 0. The predicted molar refractivity (Wildman–Crippen MR) is 69.7 cm³/mol. The number of rotatable bonds is 2. The number of nitrogens with zero attached hydrogens (tertiary/aromatic N) is 1. The van der Waals surface area contributed by atoms with Gasteiger partial charge in [-0.25, -0.2) is 0 Å². The third-order valence-corrected chi connectivity index (χ3v) is 4.11. The van der Waals surface area contributed by atoms with Gasteiger partial charge in [0.2, 0.25) is 5.91 Å². The molecule has 1 heterocycles. The van der Waals surface area contributed by atoms with E-state index in [-0.39, 0.29) is 23.3 Å². The Kier molecular flexibility index (Phi) is 4.13. The fraction of sp³-hybridized carbons (Fsp3) is 0.857. The van der Waals surface area contributed by atoms with Crippen LogP contribution in [0.25, 0.3) is 0 Å². The van der Waals surface area contributed by atoms with Gasteiger partial charge in [0.15, 0.2) is 0 Å². The van der Waals surface area contributed by atoms with Gasteiger partial charge in [-0.05, 0) is 33.1 Å². The van der Waals surface area contributed by atoms with Crippen LogP contribution in [0.5, 0.6) is 0 Å². The van der Waals surface area contributed by atoms with Crippen LogP contribution in [0.2, 0.25) is 0 Å². The minimum Gasteiger partial charge on any atom is -0.481 e. The lowest BCUT2D eigenvalue weighted by Crippen LogP contribution is -2.52. The summed E-state index contributed by atoms with van der Waals surface area (Å²) in [5.41, 5.74) is -0.297. The van der Waals surface area contributed by atoms with Gasteiger partial charge in [-0.3, -0.25) is 9.59 Å². The zero-order valence-corrected chi connectivity index (χ0v) is 11.7. The highest BCUT2D eigenvalue weighted by molar-refractivity contribution is 5.80. The topological polar surface area (TPSA) is 66.8 Å². The largest absolute Gasteiger partial charge is 0.481 e. The molecular formula is C14H23NO4. The molecule has 2 fully saturated rings. The third-order valence-electron chi connectivity index (χ3n) is 4.11. The molecule has 0 aromatic carbocycles. The fourth-order valence-electron chi connectivity index (χ4n) is 3.10. The number of ether oxygens (including phenoxy) is 1. The van der Waals surface area contributed by atoms with Crippen LogP contribution in [-0.2, 0) is 14.3 Å². The normalized spacial score (nSPS) is 30.9. The molecule has 2 atom stereocenters.